The van der Waals surface area contributed by atoms with E-state index in [1.54, 1.807) is 11.3 Å². The first kappa shape index (κ1) is 13.8. The molecule has 0 aliphatic heterocycles. The van der Waals surface area contributed by atoms with Crippen molar-refractivity contribution in [1.82, 2.24) is 5.43 Å². The normalized spacial score (nSPS) is 12.9. The van der Waals surface area contributed by atoms with Crippen molar-refractivity contribution in [2.24, 2.45) is 5.84 Å². The highest BCUT2D eigenvalue weighted by atomic mass is 79.9. The van der Waals surface area contributed by atoms with E-state index in [0.29, 0.717) is 0 Å². The van der Waals surface area contributed by atoms with Crippen molar-refractivity contribution in [2.75, 3.05) is 0 Å². The van der Waals surface area contributed by atoms with E-state index in [0.717, 1.165) is 27.6 Å². The van der Waals surface area contributed by atoms with Gasteiger partial charge in [0.05, 0.1) is 6.04 Å². The molecule has 0 aliphatic rings. The largest absolute Gasteiger partial charge is 0.459 e. The maximum Gasteiger partial charge on any atom is 0.134 e. The van der Waals surface area contributed by atoms with Crippen LogP contribution in [0.4, 0.5) is 0 Å². The van der Waals surface area contributed by atoms with Crippen LogP contribution in [0.25, 0.3) is 11.0 Å². The number of hydrogen-bond donors (Lipinski definition) is 2. The number of rotatable bonds is 4. The van der Waals surface area contributed by atoms with Gasteiger partial charge in [-0.2, -0.15) is 0 Å². The average molecular weight is 351 g/mol. The molecule has 0 spiro atoms. The monoisotopic (exact) mass is 350 g/mol. The quantitative estimate of drug-likeness (QED) is 0.544. The molecule has 3 N–H and O–H groups in total. The number of hydrazine groups is 1. The van der Waals surface area contributed by atoms with E-state index >= 15 is 0 Å². The van der Waals surface area contributed by atoms with Gasteiger partial charge < -0.3 is 4.42 Å². The number of nitrogens with two attached hydrogens (primary N) is 1. The number of fused-ring (bicyclic) bond motifs is 1. The van der Waals surface area contributed by atoms with Gasteiger partial charge in [0.1, 0.15) is 11.3 Å². The van der Waals surface area contributed by atoms with Crippen LogP contribution in [0.2, 0.25) is 0 Å². The van der Waals surface area contributed by atoms with Crippen LogP contribution in [-0.2, 0) is 6.42 Å². The number of furan rings is 1. The standard InChI is InChI=1S/C15H15BrN2OS/c1-9-2-3-14-10(4-9)5-15(19-14)13(18-17)7-12-6-11(16)8-20-12/h2-6,8,13,18H,7,17H2,1H3. The first-order valence-corrected chi connectivity index (χ1v) is 8.02. The van der Waals surface area contributed by atoms with Crippen LogP contribution in [0.15, 0.2) is 44.6 Å². The Labute approximate surface area is 129 Å². The van der Waals surface area contributed by atoms with Gasteiger partial charge in [0.2, 0.25) is 0 Å². The van der Waals surface area contributed by atoms with Crippen LogP contribution in [0, 0.1) is 6.92 Å². The van der Waals surface area contributed by atoms with Gasteiger partial charge in [-0.25, -0.2) is 5.43 Å². The van der Waals surface area contributed by atoms with Crippen LogP contribution < -0.4 is 11.3 Å². The number of hydrogen-bond acceptors (Lipinski definition) is 4. The Morgan fingerprint density at radius 2 is 2.20 bits per heavy atom. The molecule has 0 fully saturated rings. The predicted molar refractivity (Wildman–Crippen MR) is 86.7 cm³/mol. The second-order valence-corrected chi connectivity index (χ2v) is 6.76. The fourth-order valence-corrected chi connectivity index (χ4v) is 3.76. The van der Waals surface area contributed by atoms with Crippen molar-refractivity contribution < 1.29 is 4.42 Å². The molecule has 0 bridgehead atoms. The van der Waals surface area contributed by atoms with E-state index in [1.807, 2.05) is 6.07 Å². The number of halogens is 1. The zero-order chi connectivity index (χ0) is 14.1. The molecule has 20 heavy (non-hydrogen) atoms. The lowest BCUT2D eigenvalue weighted by molar-refractivity contribution is 0.436. The lowest BCUT2D eigenvalue weighted by Crippen LogP contribution is -2.29. The second kappa shape index (κ2) is 5.69. The molecule has 0 saturated carbocycles. The summed E-state index contributed by atoms with van der Waals surface area (Å²) in [5.74, 6) is 6.57. The topological polar surface area (TPSA) is 51.2 Å². The van der Waals surface area contributed by atoms with Gasteiger partial charge >= 0.3 is 0 Å². The van der Waals surface area contributed by atoms with E-state index in [-0.39, 0.29) is 6.04 Å². The minimum Gasteiger partial charge on any atom is -0.459 e. The zero-order valence-electron chi connectivity index (χ0n) is 11.0. The van der Waals surface area contributed by atoms with Crippen LogP contribution in [0.3, 0.4) is 0 Å². The van der Waals surface area contributed by atoms with Crippen LogP contribution in [-0.4, -0.2) is 0 Å². The number of thiophene rings is 1. The molecule has 1 unspecified atom stereocenters. The Morgan fingerprint density at radius 3 is 2.90 bits per heavy atom. The van der Waals surface area contributed by atoms with E-state index in [9.17, 15) is 0 Å². The Bertz CT molecular complexity index is 734. The molecule has 0 amide bonds. The van der Waals surface area contributed by atoms with Crippen molar-refractivity contribution in [2.45, 2.75) is 19.4 Å². The van der Waals surface area contributed by atoms with Crippen molar-refractivity contribution in [3.05, 3.63) is 56.4 Å². The van der Waals surface area contributed by atoms with Crippen LogP contribution in [0.5, 0.6) is 0 Å². The lowest BCUT2D eigenvalue weighted by atomic mass is 10.1. The molecule has 1 atom stereocenters. The maximum absolute atomic E-state index is 5.91. The van der Waals surface area contributed by atoms with Crippen LogP contribution >= 0.6 is 27.3 Å². The van der Waals surface area contributed by atoms with E-state index in [4.69, 9.17) is 10.3 Å². The Hall–Kier alpha value is -1.14. The highest BCUT2D eigenvalue weighted by Crippen LogP contribution is 2.29. The summed E-state index contributed by atoms with van der Waals surface area (Å²) in [5, 5.41) is 3.19. The predicted octanol–water partition coefficient (Wildman–Crippen LogP) is 4.31. The molecule has 1 aromatic carbocycles. The molecule has 5 heteroatoms. The van der Waals surface area contributed by atoms with Gasteiger partial charge in [0.15, 0.2) is 0 Å². The summed E-state index contributed by atoms with van der Waals surface area (Å²) in [7, 11) is 0. The van der Waals surface area contributed by atoms with Crippen molar-refractivity contribution in [1.29, 1.82) is 0 Å². The molecule has 3 nitrogen and oxygen atoms in total. The molecule has 104 valence electrons. The molecule has 0 saturated heterocycles. The molecular formula is C15H15BrN2OS. The lowest BCUT2D eigenvalue weighted by Gasteiger charge is -2.11. The first-order valence-electron chi connectivity index (χ1n) is 6.35. The summed E-state index contributed by atoms with van der Waals surface area (Å²) in [4.78, 5) is 1.26. The number of benzene rings is 1. The van der Waals surface area contributed by atoms with Crippen molar-refractivity contribution >= 4 is 38.2 Å². The third-order valence-electron chi connectivity index (χ3n) is 3.26. The smallest absolute Gasteiger partial charge is 0.134 e. The van der Waals surface area contributed by atoms with Crippen molar-refractivity contribution in [3.63, 3.8) is 0 Å². The molecule has 3 rings (SSSR count). The molecule has 0 aliphatic carbocycles. The van der Waals surface area contributed by atoms with Gasteiger partial charge in [-0.3, -0.25) is 5.84 Å². The number of aryl methyl sites for hydroxylation is 1. The third kappa shape index (κ3) is 2.81. The summed E-state index contributed by atoms with van der Waals surface area (Å²) in [5.41, 5.74) is 4.98. The minimum absolute atomic E-state index is 0.0201. The summed E-state index contributed by atoms with van der Waals surface area (Å²) in [6.07, 6.45) is 0.811. The number of nitrogens with one attached hydrogen (secondary N) is 1. The highest BCUT2D eigenvalue weighted by molar-refractivity contribution is 9.10. The summed E-state index contributed by atoms with van der Waals surface area (Å²) < 4.78 is 7.01. The van der Waals surface area contributed by atoms with Crippen LogP contribution in [0.1, 0.15) is 22.2 Å². The fraction of sp³-hybridized carbons (Fsp3) is 0.200. The van der Waals surface area contributed by atoms with Gasteiger partial charge in [0.25, 0.3) is 0 Å². The summed E-state index contributed by atoms with van der Waals surface area (Å²) in [6, 6.07) is 10.3. The van der Waals surface area contributed by atoms with E-state index in [2.05, 4.69) is 57.9 Å². The summed E-state index contributed by atoms with van der Waals surface area (Å²) >= 11 is 5.18. The molecular weight excluding hydrogens is 336 g/mol. The average Bonchev–Trinajstić information content (AvgIpc) is 3.01. The van der Waals surface area contributed by atoms with Crippen molar-refractivity contribution in [3.8, 4) is 0 Å². The molecule has 2 aromatic heterocycles. The van der Waals surface area contributed by atoms with E-state index in [1.165, 1.54) is 10.4 Å². The first-order chi connectivity index (χ1) is 9.65. The maximum atomic E-state index is 5.91. The van der Waals surface area contributed by atoms with Gasteiger partial charge in [-0.05, 0) is 47.1 Å². The van der Waals surface area contributed by atoms with Gasteiger partial charge in [-0.1, -0.05) is 11.6 Å². The van der Waals surface area contributed by atoms with Gasteiger partial charge in [0, 0.05) is 26.5 Å². The molecule has 0 radical (unpaired) electrons. The zero-order valence-corrected chi connectivity index (χ0v) is 13.4. The second-order valence-electron chi connectivity index (χ2n) is 4.84. The van der Waals surface area contributed by atoms with E-state index < -0.39 is 0 Å². The third-order valence-corrected chi connectivity index (χ3v) is 4.98. The minimum atomic E-state index is -0.0201. The Balaban J connectivity index is 1.90. The molecule has 2 heterocycles. The Morgan fingerprint density at radius 1 is 1.35 bits per heavy atom. The highest BCUT2D eigenvalue weighted by Gasteiger charge is 2.16. The summed E-state index contributed by atoms with van der Waals surface area (Å²) in [6.45, 7) is 2.08. The molecule has 3 aromatic rings. The fourth-order valence-electron chi connectivity index (χ4n) is 2.26. The SMILES string of the molecule is Cc1ccc2oc(C(Cc3cc(Br)cs3)NN)cc2c1. The Kier molecular flexibility index (Phi) is 3.94. The van der Waals surface area contributed by atoms with Gasteiger partial charge in [-0.15, -0.1) is 11.3 Å².